The summed E-state index contributed by atoms with van der Waals surface area (Å²) in [5, 5.41) is 3.90. The van der Waals surface area contributed by atoms with Crippen molar-refractivity contribution in [3.05, 3.63) is 12.7 Å². The molecule has 2 heterocycles. The van der Waals surface area contributed by atoms with Crippen LogP contribution in [0, 0.1) is 0 Å². The standard InChI is InChI=1S/C6H10N4O2S/c11-13(12)2-1-9(6-13)5-10-4-7-3-8-10/h3-4H,1-2,5-6H2. The molecular weight excluding hydrogens is 192 g/mol. The Morgan fingerprint density at radius 3 is 2.85 bits per heavy atom. The van der Waals surface area contributed by atoms with Gasteiger partial charge >= 0.3 is 0 Å². The number of hydrogen-bond acceptors (Lipinski definition) is 5. The van der Waals surface area contributed by atoms with Gasteiger partial charge in [0.2, 0.25) is 0 Å². The predicted molar refractivity (Wildman–Crippen MR) is 45.4 cm³/mol. The van der Waals surface area contributed by atoms with Gasteiger partial charge in [-0.1, -0.05) is 0 Å². The lowest BCUT2D eigenvalue weighted by atomic mass is 10.6. The van der Waals surface area contributed by atoms with E-state index in [2.05, 4.69) is 10.1 Å². The molecule has 6 nitrogen and oxygen atoms in total. The van der Waals surface area contributed by atoms with Gasteiger partial charge in [0, 0.05) is 6.54 Å². The lowest BCUT2D eigenvalue weighted by Crippen LogP contribution is -2.24. The summed E-state index contributed by atoms with van der Waals surface area (Å²) < 4.78 is 23.8. The minimum absolute atomic E-state index is 0.132. The summed E-state index contributed by atoms with van der Waals surface area (Å²) in [6, 6.07) is 0. The summed E-state index contributed by atoms with van der Waals surface area (Å²) in [7, 11) is -2.83. The van der Waals surface area contributed by atoms with Crippen LogP contribution in [-0.4, -0.2) is 46.3 Å². The largest absolute Gasteiger partial charge is 0.269 e. The van der Waals surface area contributed by atoms with Crippen molar-refractivity contribution in [3.8, 4) is 0 Å². The Kier molecular flexibility index (Phi) is 2.04. The van der Waals surface area contributed by atoms with Crippen LogP contribution in [0.25, 0.3) is 0 Å². The van der Waals surface area contributed by atoms with E-state index in [-0.39, 0.29) is 11.6 Å². The van der Waals surface area contributed by atoms with Crippen LogP contribution in [0.15, 0.2) is 12.7 Å². The zero-order valence-corrected chi connectivity index (χ0v) is 7.81. The number of nitrogens with zero attached hydrogens (tertiary/aromatic N) is 4. The Labute approximate surface area is 76.1 Å². The van der Waals surface area contributed by atoms with E-state index in [0.717, 1.165) is 0 Å². The molecule has 0 spiro atoms. The average molecular weight is 202 g/mol. The first kappa shape index (κ1) is 8.64. The Morgan fingerprint density at radius 1 is 1.46 bits per heavy atom. The van der Waals surface area contributed by atoms with Crippen LogP contribution in [0.4, 0.5) is 0 Å². The Balaban J connectivity index is 1.99. The van der Waals surface area contributed by atoms with Crippen molar-refractivity contribution in [2.75, 3.05) is 18.2 Å². The van der Waals surface area contributed by atoms with Gasteiger partial charge in [0.05, 0.1) is 12.4 Å². The number of rotatable bonds is 2. The van der Waals surface area contributed by atoms with Crippen molar-refractivity contribution in [3.63, 3.8) is 0 Å². The highest BCUT2D eigenvalue weighted by Gasteiger charge is 2.25. The number of aromatic nitrogens is 3. The van der Waals surface area contributed by atoms with Gasteiger partial charge in [0.15, 0.2) is 9.84 Å². The molecule has 1 saturated heterocycles. The van der Waals surface area contributed by atoms with Gasteiger partial charge in [0.25, 0.3) is 0 Å². The molecule has 1 aliphatic heterocycles. The first-order valence-electron chi connectivity index (χ1n) is 3.91. The second kappa shape index (κ2) is 3.08. The Hall–Kier alpha value is -0.950. The lowest BCUT2D eigenvalue weighted by molar-refractivity contribution is 0.267. The normalized spacial score (nSPS) is 22.2. The molecule has 72 valence electrons. The molecule has 0 bridgehead atoms. The minimum Gasteiger partial charge on any atom is -0.269 e. The molecule has 2 rings (SSSR count). The molecule has 0 aliphatic carbocycles. The van der Waals surface area contributed by atoms with E-state index >= 15 is 0 Å². The third kappa shape index (κ3) is 2.04. The van der Waals surface area contributed by atoms with Gasteiger partial charge in [-0.2, -0.15) is 5.10 Å². The van der Waals surface area contributed by atoms with Crippen molar-refractivity contribution in [2.45, 2.75) is 6.67 Å². The van der Waals surface area contributed by atoms with Crippen LogP contribution in [0.3, 0.4) is 0 Å². The quantitative estimate of drug-likeness (QED) is 0.610. The van der Waals surface area contributed by atoms with Gasteiger partial charge in [-0.25, -0.2) is 18.1 Å². The maximum Gasteiger partial charge on any atom is 0.164 e. The molecule has 1 fully saturated rings. The lowest BCUT2D eigenvalue weighted by Gasteiger charge is -2.11. The Bertz CT molecular complexity index is 371. The van der Waals surface area contributed by atoms with E-state index in [1.807, 2.05) is 4.90 Å². The van der Waals surface area contributed by atoms with E-state index in [4.69, 9.17) is 0 Å². The zero-order valence-electron chi connectivity index (χ0n) is 7.00. The molecule has 0 atom stereocenters. The highest BCUT2D eigenvalue weighted by Crippen LogP contribution is 2.07. The summed E-state index contributed by atoms with van der Waals surface area (Å²) in [6.45, 7) is 1.08. The summed E-state index contributed by atoms with van der Waals surface area (Å²) in [5.41, 5.74) is 0. The smallest absolute Gasteiger partial charge is 0.164 e. The summed E-state index contributed by atoms with van der Waals surface area (Å²) in [6.07, 6.45) is 3.01. The maximum absolute atomic E-state index is 11.1. The molecule has 0 radical (unpaired) electrons. The van der Waals surface area contributed by atoms with Crippen LogP contribution in [0.1, 0.15) is 0 Å². The van der Waals surface area contributed by atoms with Crippen molar-refractivity contribution in [1.29, 1.82) is 0 Å². The van der Waals surface area contributed by atoms with Crippen molar-refractivity contribution in [1.82, 2.24) is 19.7 Å². The molecule has 1 aliphatic rings. The number of hydrogen-bond donors (Lipinski definition) is 0. The zero-order chi connectivity index (χ0) is 9.31. The molecule has 0 unspecified atom stereocenters. The molecule has 13 heavy (non-hydrogen) atoms. The fraction of sp³-hybridized carbons (Fsp3) is 0.667. The van der Waals surface area contributed by atoms with Crippen molar-refractivity contribution >= 4 is 9.84 Å². The van der Waals surface area contributed by atoms with E-state index < -0.39 is 9.84 Å². The highest BCUT2D eigenvalue weighted by molar-refractivity contribution is 7.91. The average Bonchev–Trinajstić information content (AvgIpc) is 2.61. The van der Waals surface area contributed by atoms with Gasteiger partial charge in [-0.15, -0.1) is 0 Å². The van der Waals surface area contributed by atoms with Gasteiger partial charge in [-0.3, -0.25) is 4.90 Å². The van der Waals surface area contributed by atoms with Gasteiger partial charge in [-0.05, 0) is 0 Å². The molecule has 1 aromatic rings. The molecule has 0 aromatic carbocycles. The van der Waals surface area contributed by atoms with E-state index in [1.54, 1.807) is 11.0 Å². The fourth-order valence-electron chi connectivity index (χ4n) is 1.30. The highest BCUT2D eigenvalue weighted by atomic mass is 32.2. The second-order valence-electron chi connectivity index (χ2n) is 3.05. The molecule has 7 heteroatoms. The maximum atomic E-state index is 11.1. The predicted octanol–water partition coefficient (Wildman–Crippen LogP) is -1.08. The second-order valence-corrected chi connectivity index (χ2v) is 5.20. The van der Waals surface area contributed by atoms with Crippen LogP contribution in [-0.2, 0) is 16.5 Å². The van der Waals surface area contributed by atoms with E-state index in [9.17, 15) is 8.42 Å². The topological polar surface area (TPSA) is 68.1 Å². The third-order valence-electron chi connectivity index (χ3n) is 1.91. The monoisotopic (exact) mass is 202 g/mol. The van der Waals surface area contributed by atoms with Crippen molar-refractivity contribution < 1.29 is 8.42 Å². The molecular formula is C6H10N4O2S. The number of sulfone groups is 1. The summed E-state index contributed by atoms with van der Waals surface area (Å²) in [5.74, 6) is 0.383. The molecule has 0 N–H and O–H groups in total. The van der Waals surface area contributed by atoms with E-state index in [1.165, 1.54) is 6.33 Å². The summed E-state index contributed by atoms with van der Waals surface area (Å²) in [4.78, 5) is 5.60. The third-order valence-corrected chi connectivity index (χ3v) is 3.47. The van der Waals surface area contributed by atoms with Crippen molar-refractivity contribution in [2.24, 2.45) is 0 Å². The van der Waals surface area contributed by atoms with E-state index in [0.29, 0.717) is 13.2 Å². The van der Waals surface area contributed by atoms with Crippen LogP contribution in [0.2, 0.25) is 0 Å². The molecule has 1 aromatic heterocycles. The minimum atomic E-state index is -2.83. The van der Waals surface area contributed by atoms with Crippen LogP contribution >= 0.6 is 0 Å². The first-order valence-corrected chi connectivity index (χ1v) is 5.73. The first-order chi connectivity index (χ1) is 6.16. The molecule has 0 amide bonds. The van der Waals surface area contributed by atoms with Gasteiger partial charge in [0.1, 0.15) is 18.5 Å². The van der Waals surface area contributed by atoms with Gasteiger partial charge < -0.3 is 0 Å². The summed E-state index contributed by atoms with van der Waals surface area (Å²) >= 11 is 0. The Morgan fingerprint density at radius 2 is 2.31 bits per heavy atom. The fourth-order valence-corrected chi connectivity index (χ4v) is 2.73. The van der Waals surface area contributed by atoms with Crippen LogP contribution < -0.4 is 0 Å². The molecule has 0 saturated carbocycles. The SMILES string of the molecule is O=S1(=O)CCN(Cn2cncn2)C1. The van der Waals surface area contributed by atoms with Crippen LogP contribution in [0.5, 0.6) is 0 Å².